The van der Waals surface area contributed by atoms with E-state index >= 15 is 0 Å². The molecule has 0 spiro atoms. The van der Waals surface area contributed by atoms with Crippen molar-refractivity contribution < 1.29 is 9.59 Å². The van der Waals surface area contributed by atoms with Crippen LogP contribution in [0.4, 0.5) is 5.69 Å². The van der Waals surface area contributed by atoms with Gasteiger partial charge in [-0.1, -0.05) is 18.5 Å². The van der Waals surface area contributed by atoms with Gasteiger partial charge in [-0.3, -0.25) is 14.5 Å². The van der Waals surface area contributed by atoms with Gasteiger partial charge >= 0.3 is 0 Å². The van der Waals surface area contributed by atoms with Crippen LogP contribution in [0.1, 0.15) is 35.5 Å². The molecule has 0 aliphatic carbocycles. The van der Waals surface area contributed by atoms with Crippen LogP contribution < -0.4 is 5.32 Å². The number of Topliss-reactive ketones (excluding diaryl/α,β-unsaturated/α-hetero) is 1. The first-order valence-electron chi connectivity index (χ1n) is 7.85. The number of carbonyl (C=O) groups is 2. The molecule has 1 aromatic heterocycles. The van der Waals surface area contributed by atoms with Crippen molar-refractivity contribution in [3.63, 3.8) is 0 Å². The van der Waals surface area contributed by atoms with Crippen molar-refractivity contribution >= 4 is 40.3 Å². The lowest BCUT2D eigenvalue weighted by Gasteiger charge is -2.19. The van der Waals surface area contributed by atoms with Crippen LogP contribution in [0.3, 0.4) is 0 Å². The quantitative estimate of drug-likeness (QED) is 0.704. The minimum atomic E-state index is -0.0340. The van der Waals surface area contributed by atoms with Gasteiger partial charge in [-0.25, -0.2) is 0 Å². The minimum Gasteiger partial charge on any atom is -0.326 e. The second-order valence-electron chi connectivity index (χ2n) is 5.51. The van der Waals surface area contributed by atoms with Crippen LogP contribution in [0.25, 0.3) is 0 Å². The van der Waals surface area contributed by atoms with Crippen LogP contribution in [-0.2, 0) is 11.3 Å². The van der Waals surface area contributed by atoms with Crippen molar-refractivity contribution in [1.29, 1.82) is 0 Å². The number of rotatable bonds is 8. The lowest BCUT2D eigenvalue weighted by atomic mass is 10.1. The molecule has 0 fully saturated rings. The third-order valence-electron chi connectivity index (χ3n) is 3.69. The first-order chi connectivity index (χ1) is 11.5. The number of hydrogen-bond acceptors (Lipinski definition) is 4. The molecule has 0 radical (unpaired) electrons. The Hall–Kier alpha value is -1.69. The third-order valence-corrected chi connectivity index (χ3v) is 4.90. The molecular weight excluding hydrogens is 344 g/mol. The van der Waals surface area contributed by atoms with E-state index in [1.807, 2.05) is 12.1 Å². The SMILES string of the molecule is CCN(CCC(=O)Nc1ccc(C(C)=O)cc1)Cc1ccc(Cl)s1. The van der Waals surface area contributed by atoms with E-state index in [0.717, 1.165) is 17.4 Å². The highest BCUT2D eigenvalue weighted by Crippen LogP contribution is 2.22. The summed E-state index contributed by atoms with van der Waals surface area (Å²) < 4.78 is 0.785. The molecular formula is C18H21ClN2O2S. The van der Waals surface area contributed by atoms with E-state index in [9.17, 15) is 9.59 Å². The van der Waals surface area contributed by atoms with Gasteiger partial charge in [-0.05, 0) is 49.9 Å². The Kier molecular flexibility index (Phi) is 6.97. The van der Waals surface area contributed by atoms with Crippen molar-refractivity contribution in [2.75, 3.05) is 18.4 Å². The van der Waals surface area contributed by atoms with E-state index in [4.69, 9.17) is 11.6 Å². The topological polar surface area (TPSA) is 49.4 Å². The van der Waals surface area contributed by atoms with Gasteiger partial charge < -0.3 is 5.32 Å². The molecule has 24 heavy (non-hydrogen) atoms. The van der Waals surface area contributed by atoms with Gasteiger partial charge in [-0.15, -0.1) is 11.3 Å². The first kappa shape index (κ1) is 18.6. The molecule has 0 saturated heterocycles. The molecule has 4 nitrogen and oxygen atoms in total. The summed E-state index contributed by atoms with van der Waals surface area (Å²) in [6.07, 6.45) is 0.418. The Balaban J connectivity index is 1.81. The van der Waals surface area contributed by atoms with E-state index < -0.39 is 0 Å². The molecule has 0 bridgehead atoms. The lowest BCUT2D eigenvalue weighted by molar-refractivity contribution is -0.116. The Morgan fingerprint density at radius 2 is 1.88 bits per heavy atom. The van der Waals surface area contributed by atoms with Crippen LogP contribution in [0.5, 0.6) is 0 Å². The van der Waals surface area contributed by atoms with Gasteiger partial charge in [0.25, 0.3) is 0 Å². The number of benzene rings is 1. The molecule has 0 unspecified atom stereocenters. The summed E-state index contributed by atoms with van der Waals surface area (Å²) in [6, 6.07) is 10.9. The summed E-state index contributed by atoms with van der Waals surface area (Å²) in [5.74, 6) is -0.0200. The summed E-state index contributed by atoms with van der Waals surface area (Å²) in [6.45, 7) is 5.95. The highest BCUT2D eigenvalue weighted by molar-refractivity contribution is 7.16. The molecule has 1 heterocycles. The predicted octanol–water partition coefficient (Wildman–Crippen LogP) is 4.45. The Morgan fingerprint density at radius 3 is 2.42 bits per heavy atom. The first-order valence-corrected chi connectivity index (χ1v) is 9.04. The molecule has 0 saturated carbocycles. The van der Waals surface area contributed by atoms with Gasteiger partial charge in [0.1, 0.15) is 0 Å². The zero-order valence-electron chi connectivity index (χ0n) is 13.8. The number of halogens is 1. The second kappa shape index (κ2) is 8.97. The van der Waals surface area contributed by atoms with E-state index in [1.54, 1.807) is 35.6 Å². The second-order valence-corrected chi connectivity index (χ2v) is 7.31. The molecule has 6 heteroatoms. The minimum absolute atomic E-state index is 0.0140. The molecule has 0 atom stereocenters. The Bertz CT molecular complexity index is 697. The normalized spacial score (nSPS) is 10.8. The third kappa shape index (κ3) is 5.74. The maximum absolute atomic E-state index is 12.1. The molecule has 128 valence electrons. The Labute approximate surface area is 151 Å². The molecule has 1 N–H and O–H groups in total. The molecule has 0 aliphatic rings. The van der Waals surface area contributed by atoms with E-state index in [-0.39, 0.29) is 11.7 Å². The van der Waals surface area contributed by atoms with E-state index in [0.29, 0.717) is 24.2 Å². The monoisotopic (exact) mass is 364 g/mol. The fraction of sp³-hybridized carbons (Fsp3) is 0.333. The average molecular weight is 365 g/mol. The number of anilines is 1. The maximum atomic E-state index is 12.1. The number of carbonyl (C=O) groups excluding carboxylic acids is 2. The highest BCUT2D eigenvalue weighted by atomic mass is 35.5. The van der Waals surface area contributed by atoms with Gasteiger partial charge in [0.2, 0.25) is 5.91 Å². The number of hydrogen-bond donors (Lipinski definition) is 1. The highest BCUT2D eigenvalue weighted by Gasteiger charge is 2.09. The molecule has 0 aliphatic heterocycles. The van der Waals surface area contributed by atoms with Gasteiger partial charge in [0.05, 0.1) is 4.34 Å². The van der Waals surface area contributed by atoms with Crippen molar-refractivity contribution in [2.45, 2.75) is 26.8 Å². The van der Waals surface area contributed by atoms with Gasteiger partial charge in [0, 0.05) is 35.6 Å². The van der Waals surface area contributed by atoms with Crippen LogP contribution >= 0.6 is 22.9 Å². The molecule has 2 aromatic rings. The number of ketones is 1. The van der Waals surface area contributed by atoms with Gasteiger partial charge in [-0.2, -0.15) is 0 Å². The number of nitrogens with one attached hydrogen (secondary N) is 1. The largest absolute Gasteiger partial charge is 0.326 e. The van der Waals surface area contributed by atoms with Crippen molar-refractivity contribution in [2.24, 2.45) is 0 Å². The Morgan fingerprint density at radius 1 is 1.17 bits per heavy atom. The lowest BCUT2D eigenvalue weighted by Crippen LogP contribution is -2.27. The summed E-state index contributed by atoms with van der Waals surface area (Å²) in [7, 11) is 0. The molecule has 2 rings (SSSR count). The van der Waals surface area contributed by atoms with E-state index in [1.165, 1.54) is 11.8 Å². The zero-order valence-corrected chi connectivity index (χ0v) is 15.4. The predicted molar refractivity (Wildman–Crippen MR) is 100.0 cm³/mol. The van der Waals surface area contributed by atoms with Crippen LogP contribution in [0.2, 0.25) is 4.34 Å². The summed E-state index contributed by atoms with van der Waals surface area (Å²) in [5, 5.41) is 2.86. The van der Waals surface area contributed by atoms with Crippen LogP contribution in [-0.4, -0.2) is 29.7 Å². The smallest absolute Gasteiger partial charge is 0.225 e. The van der Waals surface area contributed by atoms with Crippen LogP contribution in [0.15, 0.2) is 36.4 Å². The molecule has 1 amide bonds. The molecule has 1 aromatic carbocycles. The standard InChI is InChI=1S/C18H21ClN2O2S/c1-3-21(12-16-8-9-17(19)24-16)11-10-18(23)20-15-6-4-14(5-7-15)13(2)22/h4-9H,3,10-12H2,1-2H3,(H,20,23). The van der Waals surface area contributed by atoms with Crippen molar-refractivity contribution in [3.8, 4) is 0 Å². The summed E-state index contributed by atoms with van der Waals surface area (Å²) in [4.78, 5) is 26.7. The van der Waals surface area contributed by atoms with Crippen molar-refractivity contribution in [1.82, 2.24) is 4.90 Å². The number of nitrogens with zero attached hydrogens (tertiary/aromatic N) is 1. The van der Waals surface area contributed by atoms with Gasteiger partial charge in [0.15, 0.2) is 5.78 Å². The van der Waals surface area contributed by atoms with Crippen molar-refractivity contribution in [3.05, 3.63) is 51.2 Å². The number of thiophene rings is 1. The van der Waals surface area contributed by atoms with E-state index in [2.05, 4.69) is 17.1 Å². The average Bonchev–Trinajstić information content (AvgIpc) is 2.97. The summed E-state index contributed by atoms with van der Waals surface area (Å²) in [5.41, 5.74) is 1.35. The zero-order chi connectivity index (χ0) is 17.5. The van der Waals surface area contributed by atoms with Crippen LogP contribution in [0, 0.1) is 0 Å². The fourth-order valence-electron chi connectivity index (χ4n) is 2.28. The summed E-state index contributed by atoms with van der Waals surface area (Å²) >= 11 is 7.52. The fourth-order valence-corrected chi connectivity index (χ4v) is 3.41. The number of amides is 1. The maximum Gasteiger partial charge on any atom is 0.225 e.